The zero-order valence-corrected chi connectivity index (χ0v) is 78.4. The molecule has 9 aliphatic rings. The molecule has 9 amide bonds. The summed E-state index contributed by atoms with van der Waals surface area (Å²) in [5.41, 5.74) is 2.86. The molecule has 0 saturated carbocycles. The van der Waals surface area contributed by atoms with Gasteiger partial charge in [0.25, 0.3) is 0 Å². The topological polar surface area (TPSA) is 675 Å². The second-order valence-corrected chi connectivity index (χ2v) is 37.0. The highest BCUT2D eigenvalue weighted by atomic mass is 35.5. The van der Waals surface area contributed by atoms with Crippen LogP contribution in [0.4, 0.5) is 0 Å². The number of carboxylic acid groups (broad SMARTS) is 1. The second kappa shape index (κ2) is 44.9. The first-order valence-electron chi connectivity index (χ1n) is 45.1. The standard InChI is InChI=1S/C94H108Cl3N11O33/c1-37(2)12-9-7-6-8-10-13-63(116)102-72-77(120)79(122)83(91(131)132)141-93(72)140-82-59-29-43-30-60(82)135-56-21-17-42(27-50(56)96)81(139-92-71(100-38(3)111)76(119)74(117)61(35-109)137-92)73-90(130)106-69(86(126)99-22-11-23-108(4)5)47-31-44(112)32-58(136-94-80(123)78(121)75(118)62(36-110)138-94)64(47)46-26-41(16-18-52(46)113)67(87(127)107-73)103-88(128)68(43)104-89(129)70-48-33-45(34-54(115)65(48)97)133-57-28-40(15-19-53(57)114)66(98)85(125)101-51(84(124)105-70)25-39-14-20-55(134-59)49(95)24-39/h14-21,24,26-34,37,51,61-62,66-81,83,92-94,109-110,112-115,117-123H,6-13,22-23,25,35-36,98H2,1-5H3,(H,99,126)(H,100,111)(H,101,125)(H,102,116)(H,103,128)(H,104,129)(H,105,124)(H,106,130)(H,107,127)(H,131,132)/t51-,61-,62-,66-,67-,68-,69-,70+,71-,72-,73+,74-,75-,76-,77-,78+,79+,80+,81-,83+,92+,93-,94+/m1/s1. The molecule has 7 aromatic rings. The molecule has 25 N–H and O–H groups in total. The Labute approximate surface area is 818 Å². The Balaban J connectivity index is 1.05. The van der Waals surface area contributed by atoms with E-state index in [0.717, 1.165) is 118 Å². The molecule has 44 nitrogen and oxygen atoms in total. The molecule has 3 fully saturated rings. The summed E-state index contributed by atoms with van der Waals surface area (Å²) in [6, 6.07) is -0.663. The highest BCUT2D eigenvalue weighted by Crippen LogP contribution is 2.52. The minimum Gasteiger partial charge on any atom is -0.508 e. The zero-order valence-electron chi connectivity index (χ0n) is 76.1. The van der Waals surface area contributed by atoms with Gasteiger partial charge in [-0.3, -0.25) is 43.2 Å². The van der Waals surface area contributed by atoms with Crippen molar-refractivity contribution in [3.8, 4) is 80.1 Å². The zero-order chi connectivity index (χ0) is 102. The Morgan fingerprint density at radius 2 is 1.13 bits per heavy atom. The van der Waals surface area contributed by atoms with E-state index in [1.807, 2.05) is 0 Å². The average molecular weight is 2030 g/mol. The summed E-state index contributed by atoms with van der Waals surface area (Å²) in [5, 5.41) is 183. The van der Waals surface area contributed by atoms with E-state index in [-0.39, 0.29) is 47.5 Å². The molecular formula is C94H108Cl3N11O33. The number of carbonyl (C=O) groups is 10. The molecule has 0 aromatic heterocycles. The molecule has 7 aromatic carbocycles. The number of amides is 9. The molecule has 758 valence electrons. The van der Waals surface area contributed by atoms with Gasteiger partial charge in [0.05, 0.1) is 28.3 Å². The third-order valence-corrected chi connectivity index (χ3v) is 25.8. The number of carboxylic acids is 1. The summed E-state index contributed by atoms with van der Waals surface area (Å²) in [5.74, 6) is -20.9. The quantitative estimate of drug-likeness (QED) is 0.0385. The lowest BCUT2D eigenvalue weighted by Crippen LogP contribution is -2.66. The SMILES string of the molecule is CC(=O)N[C@H]1[C@H](O[C@@H]2c3ccc(c(Cl)c3)Oc3cc4cc(c3O[C@@H]3O[C@H](C(=O)O)[C@@H](O)[C@H](O)[C@H]3NC(=O)CCCCCCCC(C)C)Oc3ccc(cc3Cl)C[C@H]3NC(=O)[C@H](N)c5ccc(O)c(c5)Oc5cc(O)c(Cl)c(c5)[C@H](NC3=O)C(=O)N[C@H]4C(=O)N[C@H]3C(=O)N[C@@H]2C(=O)N[C@@H](C(=O)NCCCN(C)C)c2cc(O)cc(O[C@H]4O[C@H](CO)[C@@H](O)[C@H](O)[C@@H]4O)c2-c2cc3ccc2O)O[C@H](CO)[C@@H](O)[C@@H]1O. The largest absolute Gasteiger partial charge is 0.508 e. The number of unbranched alkanes of at least 4 members (excludes halogenated alkanes) is 4. The predicted octanol–water partition coefficient (Wildman–Crippen LogP) is 2.14. The summed E-state index contributed by atoms with van der Waals surface area (Å²) < 4.78 is 57.8. The van der Waals surface area contributed by atoms with Crippen molar-refractivity contribution in [2.75, 3.05) is 40.4 Å². The number of halogens is 3. The summed E-state index contributed by atoms with van der Waals surface area (Å²) in [4.78, 5) is 157. The number of aliphatic hydroxyl groups is 9. The van der Waals surface area contributed by atoms with Crippen molar-refractivity contribution in [2.24, 2.45) is 11.7 Å². The van der Waals surface area contributed by atoms with Gasteiger partial charge in [-0.1, -0.05) is 105 Å². The first-order valence-corrected chi connectivity index (χ1v) is 46.3. The molecule has 47 heteroatoms. The van der Waals surface area contributed by atoms with Crippen LogP contribution in [0.5, 0.6) is 69.0 Å². The summed E-state index contributed by atoms with van der Waals surface area (Å²) in [7, 11) is 3.45. The molecule has 9 heterocycles. The van der Waals surface area contributed by atoms with E-state index in [9.17, 15) is 90.7 Å². The fourth-order valence-electron chi connectivity index (χ4n) is 17.4. The molecule has 17 bridgehead atoms. The molecule has 0 unspecified atom stereocenters. The van der Waals surface area contributed by atoms with Gasteiger partial charge in [-0.25, -0.2) is 4.79 Å². The number of nitrogens with zero attached hydrogens (tertiary/aromatic N) is 1. The van der Waals surface area contributed by atoms with Crippen LogP contribution in [0.25, 0.3) is 11.1 Å². The van der Waals surface area contributed by atoms with Crippen molar-refractivity contribution >= 4 is 93.9 Å². The van der Waals surface area contributed by atoms with Crippen LogP contribution in [0.3, 0.4) is 0 Å². The van der Waals surface area contributed by atoms with Gasteiger partial charge in [-0.05, 0) is 146 Å². The number of aliphatic carboxylic acids is 1. The van der Waals surface area contributed by atoms with Crippen molar-refractivity contribution in [1.82, 2.24) is 52.8 Å². The Hall–Kier alpha value is -12.3. The van der Waals surface area contributed by atoms with Gasteiger partial charge in [0.2, 0.25) is 71.5 Å². The van der Waals surface area contributed by atoms with Gasteiger partial charge >= 0.3 is 5.97 Å². The molecule has 23 atom stereocenters. The third-order valence-electron chi connectivity index (χ3n) is 24.8. The number of hydrogen-bond donors (Lipinski definition) is 24. The highest BCUT2D eigenvalue weighted by Gasteiger charge is 2.54. The lowest BCUT2D eigenvalue weighted by molar-refractivity contribution is -0.284. The number of hydrogen-bond acceptors (Lipinski definition) is 34. The number of phenolic OH excluding ortho intramolecular Hbond substituents is 4. The predicted molar refractivity (Wildman–Crippen MR) is 492 cm³/mol. The van der Waals surface area contributed by atoms with Crippen LogP contribution in [0.1, 0.15) is 147 Å². The van der Waals surface area contributed by atoms with Crippen LogP contribution in [0, 0.1) is 5.92 Å². The van der Waals surface area contributed by atoms with E-state index < -0.39 is 332 Å². The normalized spacial score (nSPS) is 27.8. The second-order valence-electron chi connectivity index (χ2n) is 35.8. The average Bonchev–Trinajstić information content (AvgIpc) is 0.752. The van der Waals surface area contributed by atoms with E-state index in [4.69, 9.17) is 83.2 Å². The fraction of sp³-hybridized carbons (Fsp3) is 0.447. The van der Waals surface area contributed by atoms with Gasteiger partial charge in [0.1, 0.15) is 156 Å². The van der Waals surface area contributed by atoms with Crippen LogP contribution >= 0.6 is 34.8 Å². The van der Waals surface area contributed by atoms with Crippen molar-refractivity contribution in [2.45, 2.75) is 219 Å². The van der Waals surface area contributed by atoms with Gasteiger partial charge in [-0.15, -0.1) is 0 Å². The van der Waals surface area contributed by atoms with E-state index in [0.29, 0.717) is 18.9 Å². The van der Waals surface area contributed by atoms with Crippen molar-refractivity contribution in [3.63, 3.8) is 0 Å². The molecule has 9 aliphatic heterocycles. The molecule has 0 aliphatic carbocycles. The molecule has 16 rings (SSSR count). The first-order chi connectivity index (χ1) is 67.1. The highest BCUT2D eigenvalue weighted by molar-refractivity contribution is 6.33. The van der Waals surface area contributed by atoms with E-state index >= 15 is 28.8 Å². The van der Waals surface area contributed by atoms with Crippen LogP contribution in [0.2, 0.25) is 15.1 Å². The van der Waals surface area contributed by atoms with Gasteiger partial charge < -0.3 is 173 Å². The third kappa shape index (κ3) is 23.6. The van der Waals surface area contributed by atoms with Crippen LogP contribution in [-0.2, 0) is 73.3 Å². The number of phenols is 4. The van der Waals surface area contributed by atoms with E-state index in [1.165, 1.54) is 24.3 Å². The number of nitrogens with one attached hydrogen (secondary N) is 9. The summed E-state index contributed by atoms with van der Waals surface area (Å²) >= 11 is 21.9. The number of rotatable bonds is 24. The maximum atomic E-state index is 17.2. The Morgan fingerprint density at radius 1 is 0.532 bits per heavy atom. The van der Waals surface area contributed by atoms with Crippen LogP contribution in [-0.4, -0.2) is 280 Å². The number of benzene rings is 7. The lowest BCUT2D eigenvalue weighted by atomic mass is 9.89. The van der Waals surface area contributed by atoms with Crippen molar-refractivity contribution in [1.29, 1.82) is 0 Å². The maximum Gasteiger partial charge on any atom is 0.335 e. The van der Waals surface area contributed by atoms with Gasteiger partial charge in [0.15, 0.2) is 35.4 Å². The summed E-state index contributed by atoms with van der Waals surface area (Å²) in [6.45, 7) is 3.17. The number of ether oxygens (including phenoxy) is 9. The Morgan fingerprint density at radius 3 is 1.80 bits per heavy atom. The molecule has 0 spiro atoms. The molecule has 141 heavy (non-hydrogen) atoms. The number of fused-ring (bicyclic) bond motifs is 14. The smallest absolute Gasteiger partial charge is 0.335 e. The number of nitrogens with two attached hydrogens (primary N) is 1. The van der Waals surface area contributed by atoms with Crippen LogP contribution < -0.4 is 77.3 Å². The monoisotopic (exact) mass is 2020 g/mol. The van der Waals surface area contributed by atoms with Gasteiger partial charge in [0, 0.05) is 55.1 Å². The minimum atomic E-state index is -2.60. The van der Waals surface area contributed by atoms with E-state index in [1.54, 1.807) is 19.0 Å². The van der Waals surface area contributed by atoms with Crippen molar-refractivity contribution in [3.05, 3.63) is 163 Å². The fourth-order valence-corrected chi connectivity index (χ4v) is 18.1. The number of carbonyl (C=O) groups excluding carboxylic acids is 9. The molecule has 3 saturated heterocycles. The van der Waals surface area contributed by atoms with Crippen LogP contribution in [0.15, 0.2) is 109 Å². The Kier molecular flexibility index (Phi) is 33.3. The first kappa shape index (κ1) is 105. The minimum absolute atomic E-state index is 0.00653. The Bertz CT molecular complexity index is 5890. The lowest BCUT2D eigenvalue weighted by Gasteiger charge is -2.44. The van der Waals surface area contributed by atoms with Gasteiger partial charge in [-0.2, -0.15) is 0 Å². The van der Waals surface area contributed by atoms with E-state index in [2.05, 4.69) is 61.7 Å². The number of aromatic hydroxyl groups is 4. The molecule has 0 radical (unpaired) electrons. The number of aliphatic hydroxyl groups excluding tert-OH is 9. The van der Waals surface area contributed by atoms with Crippen molar-refractivity contribution < 1.29 is 162 Å². The molecular weight excluding hydrogens is 1920 g/mol. The maximum absolute atomic E-state index is 17.2. The summed E-state index contributed by atoms with van der Waals surface area (Å²) in [6.07, 6.45) is -26.5.